The summed E-state index contributed by atoms with van der Waals surface area (Å²) in [5, 5.41) is 5.56. The van der Waals surface area contributed by atoms with Crippen LogP contribution in [0.25, 0.3) is 11.6 Å². The molecule has 29 heavy (non-hydrogen) atoms. The van der Waals surface area contributed by atoms with Crippen LogP contribution < -0.4 is 10.6 Å². The second kappa shape index (κ2) is 10.1. The first kappa shape index (κ1) is 22.4. The SMILES string of the molecule is CCN(CC)CC.Cc1ccc2c(c1)/C(=C/c1[nH]c(C)c(NC=O)c1C)C(=O)N2. The zero-order chi connectivity index (χ0) is 21.6. The highest BCUT2D eigenvalue weighted by Crippen LogP contribution is 2.35. The molecule has 1 aliphatic heterocycles. The van der Waals surface area contributed by atoms with Gasteiger partial charge >= 0.3 is 0 Å². The van der Waals surface area contributed by atoms with Gasteiger partial charge in [0.15, 0.2) is 0 Å². The van der Waals surface area contributed by atoms with Gasteiger partial charge in [0, 0.05) is 22.6 Å². The van der Waals surface area contributed by atoms with Crippen LogP contribution in [0.3, 0.4) is 0 Å². The second-order valence-electron chi connectivity index (χ2n) is 7.11. The number of amides is 2. The molecule has 0 radical (unpaired) electrons. The van der Waals surface area contributed by atoms with Gasteiger partial charge in [-0.25, -0.2) is 0 Å². The quantitative estimate of drug-likeness (QED) is 0.502. The third-order valence-electron chi connectivity index (χ3n) is 5.27. The van der Waals surface area contributed by atoms with Crippen LogP contribution in [-0.2, 0) is 9.59 Å². The maximum Gasteiger partial charge on any atom is 0.256 e. The number of nitrogens with one attached hydrogen (secondary N) is 3. The van der Waals surface area contributed by atoms with E-state index in [1.54, 1.807) is 0 Å². The van der Waals surface area contributed by atoms with Gasteiger partial charge in [-0.05, 0) is 64.2 Å². The van der Waals surface area contributed by atoms with Crippen molar-refractivity contribution in [3.05, 3.63) is 46.3 Å². The number of carbonyl (C=O) groups is 2. The predicted molar refractivity (Wildman–Crippen MR) is 121 cm³/mol. The normalized spacial score (nSPS) is 13.8. The molecule has 0 spiro atoms. The highest BCUT2D eigenvalue weighted by atomic mass is 16.2. The number of hydrogen-bond acceptors (Lipinski definition) is 3. The largest absolute Gasteiger partial charge is 0.357 e. The first-order valence-corrected chi connectivity index (χ1v) is 10.1. The summed E-state index contributed by atoms with van der Waals surface area (Å²) in [5.74, 6) is -0.114. The van der Waals surface area contributed by atoms with Gasteiger partial charge in [0.05, 0.1) is 11.3 Å². The Bertz CT molecular complexity index is 902. The van der Waals surface area contributed by atoms with E-state index in [1.807, 2.05) is 45.0 Å². The van der Waals surface area contributed by atoms with Crippen LogP contribution in [0, 0.1) is 20.8 Å². The Morgan fingerprint density at radius 2 is 1.72 bits per heavy atom. The molecule has 156 valence electrons. The number of aromatic nitrogens is 1. The van der Waals surface area contributed by atoms with Crippen molar-refractivity contribution in [2.75, 3.05) is 30.3 Å². The van der Waals surface area contributed by atoms with Crippen LogP contribution in [0.15, 0.2) is 18.2 Å². The fourth-order valence-corrected chi connectivity index (χ4v) is 3.45. The Balaban J connectivity index is 0.000000370. The van der Waals surface area contributed by atoms with E-state index in [4.69, 9.17) is 0 Å². The molecule has 0 atom stereocenters. The van der Waals surface area contributed by atoms with Crippen molar-refractivity contribution >= 4 is 35.3 Å². The summed E-state index contributed by atoms with van der Waals surface area (Å²) in [5.41, 5.74) is 6.80. The van der Waals surface area contributed by atoms with Crippen molar-refractivity contribution in [2.24, 2.45) is 0 Å². The molecule has 2 heterocycles. The molecule has 0 unspecified atom stereocenters. The first-order valence-electron chi connectivity index (χ1n) is 10.1. The minimum Gasteiger partial charge on any atom is -0.357 e. The van der Waals surface area contributed by atoms with Crippen molar-refractivity contribution in [1.29, 1.82) is 0 Å². The molecule has 0 aliphatic carbocycles. The number of hydrogen-bond donors (Lipinski definition) is 3. The Kier molecular flexibility index (Phi) is 7.79. The molecule has 2 aromatic rings. The summed E-state index contributed by atoms with van der Waals surface area (Å²) >= 11 is 0. The van der Waals surface area contributed by atoms with E-state index in [1.165, 1.54) is 19.6 Å². The minimum atomic E-state index is -0.114. The average Bonchev–Trinajstić information content (AvgIpc) is 3.15. The molecular formula is C23H32N4O2. The lowest BCUT2D eigenvalue weighted by atomic mass is 10.0. The molecule has 6 heteroatoms. The fourth-order valence-electron chi connectivity index (χ4n) is 3.45. The predicted octanol–water partition coefficient (Wildman–Crippen LogP) is 4.35. The van der Waals surface area contributed by atoms with Gasteiger partial charge in [0.25, 0.3) is 5.91 Å². The maximum atomic E-state index is 12.2. The lowest BCUT2D eigenvalue weighted by molar-refractivity contribution is -0.110. The first-order chi connectivity index (χ1) is 13.9. The summed E-state index contributed by atoms with van der Waals surface area (Å²) in [6.45, 7) is 15.9. The minimum absolute atomic E-state index is 0.114. The number of nitrogens with zero attached hydrogens (tertiary/aromatic N) is 1. The molecule has 2 amide bonds. The lowest BCUT2D eigenvalue weighted by Gasteiger charge is -2.13. The number of benzene rings is 1. The molecular weight excluding hydrogens is 364 g/mol. The molecule has 1 aliphatic rings. The zero-order valence-electron chi connectivity index (χ0n) is 18.3. The van der Waals surface area contributed by atoms with Gasteiger partial charge in [0.2, 0.25) is 6.41 Å². The summed E-state index contributed by atoms with van der Waals surface area (Å²) in [7, 11) is 0. The van der Waals surface area contributed by atoms with Gasteiger partial charge in [-0.3, -0.25) is 9.59 Å². The van der Waals surface area contributed by atoms with E-state index in [9.17, 15) is 9.59 Å². The number of H-pyrrole nitrogens is 1. The summed E-state index contributed by atoms with van der Waals surface area (Å²) < 4.78 is 0. The van der Waals surface area contributed by atoms with Crippen LogP contribution >= 0.6 is 0 Å². The second-order valence-corrected chi connectivity index (χ2v) is 7.11. The Hall–Kier alpha value is -2.86. The molecule has 0 saturated heterocycles. The van der Waals surface area contributed by atoms with E-state index >= 15 is 0 Å². The summed E-state index contributed by atoms with van der Waals surface area (Å²) in [6.07, 6.45) is 2.49. The van der Waals surface area contributed by atoms with Crippen LogP contribution in [0.5, 0.6) is 0 Å². The molecule has 1 aromatic heterocycles. The zero-order valence-corrected chi connectivity index (χ0v) is 18.3. The number of carbonyl (C=O) groups excluding carboxylic acids is 2. The number of anilines is 2. The van der Waals surface area contributed by atoms with E-state index in [2.05, 4.69) is 41.3 Å². The van der Waals surface area contributed by atoms with Gasteiger partial charge in [-0.15, -0.1) is 0 Å². The van der Waals surface area contributed by atoms with Crippen LogP contribution in [0.2, 0.25) is 0 Å². The van der Waals surface area contributed by atoms with Gasteiger partial charge in [0.1, 0.15) is 0 Å². The van der Waals surface area contributed by atoms with E-state index in [0.29, 0.717) is 12.0 Å². The van der Waals surface area contributed by atoms with Crippen molar-refractivity contribution in [1.82, 2.24) is 9.88 Å². The van der Waals surface area contributed by atoms with Gasteiger partial charge < -0.3 is 20.5 Å². The monoisotopic (exact) mass is 396 g/mol. The standard InChI is InChI=1S/C17H17N3O2.C6H15N/c1-9-4-5-14-12(6-9)13(17(22)20-14)7-15-10(2)16(18-8-21)11(3)19-15;1-4-7(5-2)6-3/h4-8,19H,1-3H3,(H,18,21)(H,20,22);4-6H2,1-3H3/b13-7-;. The highest BCUT2D eigenvalue weighted by Gasteiger charge is 2.24. The van der Waals surface area contributed by atoms with Crippen LogP contribution in [0.4, 0.5) is 11.4 Å². The molecule has 3 rings (SSSR count). The van der Waals surface area contributed by atoms with Crippen LogP contribution in [-0.4, -0.2) is 41.8 Å². The number of aromatic amines is 1. The lowest BCUT2D eigenvalue weighted by Crippen LogP contribution is -2.21. The Morgan fingerprint density at radius 1 is 1.07 bits per heavy atom. The molecule has 0 bridgehead atoms. The summed E-state index contributed by atoms with van der Waals surface area (Å²) in [6, 6.07) is 5.88. The van der Waals surface area contributed by atoms with Crippen molar-refractivity contribution in [3.63, 3.8) is 0 Å². The molecule has 1 aromatic carbocycles. The average molecular weight is 397 g/mol. The number of aryl methyl sites for hydroxylation is 2. The van der Waals surface area contributed by atoms with Crippen molar-refractivity contribution in [2.45, 2.75) is 41.5 Å². The smallest absolute Gasteiger partial charge is 0.256 e. The Morgan fingerprint density at radius 3 is 2.28 bits per heavy atom. The molecule has 0 saturated carbocycles. The van der Waals surface area contributed by atoms with Crippen molar-refractivity contribution < 1.29 is 9.59 Å². The Labute approximate surface area is 173 Å². The molecule has 3 N–H and O–H groups in total. The third-order valence-corrected chi connectivity index (χ3v) is 5.27. The topological polar surface area (TPSA) is 77.2 Å². The van der Waals surface area contributed by atoms with Crippen molar-refractivity contribution in [3.8, 4) is 0 Å². The molecule has 0 fully saturated rings. The fraction of sp³-hybridized carbons (Fsp3) is 0.391. The highest BCUT2D eigenvalue weighted by molar-refractivity contribution is 6.35. The van der Waals surface area contributed by atoms with Crippen LogP contribution in [0.1, 0.15) is 48.8 Å². The third kappa shape index (κ3) is 5.15. The van der Waals surface area contributed by atoms with Gasteiger partial charge in [-0.1, -0.05) is 32.4 Å². The number of fused-ring (bicyclic) bond motifs is 1. The maximum absolute atomic E-state index is 12.2. The summed E-state index contributed by atoms with van der Waals surface area (Å²) in [4.78, 5) is 28.5. The van der Waals surface area contributed by atoms with E-state index in [-0.39, 0.29) is 5.91 Å². The van der Waals surface area contributed by atoms with E-state index in [0.717, 1.165) is 39.5 Å². The van der Waals surface area contributed by atoms with Gasteiger partial charge in [-0.2, -0.15) is 0 Å². The molecule has 6 nitrogen and oxygen atoms in total. The van der Waals surface area contributed by atoms with E-state index < -0.39 is 0 Å². The number of rotatable bonds is 6.